The first kappa shape index (κ1) is 15.8. The summed E-state index contributed by atoms with van der Waals surface area (Å²) in [7, 11) is 0. The summed E-state index contributed by atoms with van der Waals surface area (Å²) < 4.78 is 2.08. The fourth-order valence-corrected chi connectivity index (χ4v) is 3.33. The third-order valence-corrected chi connectivity index (χ3v) is 4.88. The van der Waals surface area contributed by atoms with E-state index in [1.165, 1.54) is 0 Å². The molecule has 25 heavy (non-hydrogen) atoms. The standard InChI is InChI=1S/C20H21N3O2/c1-14(20(24)25)23(16-10-11-16)13-17-19(15-7-3-2-4-8-15)21-18-9-5-6-12-22(17)18/h2-9,12,14,16H,10-11,13H2,1H3,(H,24,25). The lowest BCUT2D eigenvalue weighted by Gasteiger charge is -2.26. The van der Waals surface area contributed by atoms with Crippen LogP contribution in [0.2, 0.25) is 0 Å². The first-order chi connectivity index (χ1) is 12.1. The van der Waals surface area contributed by atoms with Gasteiger partial charge in [-0.3, -0.25) is 9.69 Å². The average Bonchev–Trinajstić information content (AvgIpc) is 3.41. The molecule has 1 aliphatic carbocycles. The van der Waals surface area contributed by atoms with E-state index in [2.05, 4.69) is 9.30 Å². The number of carboxylic acids is 1. The van der Waals surface area contributed by atoms with E-state index in [1.807, 2.05) is 54.7 Å². The lowest BCUT2D eigenvalue weighted by atomic mass is 10.1. The van der Waals surface area contributed by atoms with E-state index in [0.717, 1.165) is 35.4 Å². The number of carboxylic acid groups (broad SMARTS) is 1. The van der Waals surface area contributed by atoms with Crippen molar-refractivity contribution in [2.45, 2.75) is 38.4 Å². The van der Waals surface area contributed by atoms with Gasteiger partial charge in [0.15, 0.2) is 0 Å². The Morgan fingerprint density at radius 1 is 1.24 bits per heavy atom. The first-order valence-corrected chi connectivity index (χ1v) is 8.65. The van der Waals surface area contributed by atoms with E-state index in [9.17, 15) is 9.90 Å². The zero-order valence-electron chi connectivity index (χ0n) is 14.2. The molecular weight excluding hydrogens is 314 g/mol. The zero-order chi connectivity index (χ0) is 17.4. The van der Waals surface area contributed by atoms with Crippen LogP contribution in [0.5, 0.6) is 0 Å². The maximum Gasteiger partial charge on any atom is 0.320 e. The predicted molar refractivity (Wildman–Crippen MR) is 96.3 cm³/mol. The fraction of sp³-hybridized carbons (Fsp3) is 0.300. The highest BCUT2D eigenvalue weighted by atomic mass is 16.4. The number of aliphatic carboxylic acids is 1. The molecule has 0 aliphatic heterocycles. The minimum absolute atomic E-state index is 0.351. The summed E-state index contributed by atoms with van der Waals surface area (Å²) in [4.78, 5) is 18.5. The lowest BCUT2D eigenvalue weighted by molar-refractivity contribution is -0.143. The Balaban J connectivity index is 1.81. The Labute approximate surface area is 146 Å². The van der Waals surface area contributed by atoms with Gasteiger partial charge in [-0.15, -0.1) is 0 Å². The van der Waals surface area contributed by atoms with Crippen molar-refractivity contribution in [1.29, 1.82) is 0 Å². The second-order valence-electron chi connectivity index (χ2n) is 6.62. The molecule has 5 nitrogen and oxygen atoms in total. The Morgan fingerprint density at radius 2 is 1.96 bits per heavy atom. The van der Waals surface area contributed by atoms with Crippen LogP contribution >= 0.6 is 0 Å². The third kappa shape index (κ3) is 3.03. The van der Waals surface area contributed by atoms with Gasteiger partial charge in [-0.05, 0) is 31.9 Å². The summed E-state index contributed by atoms with van der Waals surface area (Å²) in [6.07, 6.45) is 4.13. The third-order valence-electron chi connectivity index (χ3n) is 4.88. The molecule has 1 N–H and O–H groups in total. The molecule has 2 heterocycles. The van der Waals surface area contributed by atoms with Gasteiger partial charge in [0.05, 0.1) is 11.4 Å². The molecular formula is C20H21N3O2. The van der Waals surface area contributed by atoms with Crippen molar-refractivity contribution in [2.24, 2.45) is 0 Å². The molecule has 3 aromatic rings. The summed E-state index contributed by atoms with van der Waals surface area (Å²) in [5.41, 5.74) is 3.91. The number of imidazole rings is 1. The highest BCUT2D eigenvalue weighted by Gasteiger charge is 2.36. The molecule has 2 aromatic heterocycles. The molecule has 4 rings (SSSR count). The van der Waals surface area contributed by atoms with Gasteiger partial charge in [-0.1, -0.05) is 36.4 Å². The smallest absolute Gasteiger partial charge is 0.320 e. The van der Waals surface area contributed by atoms with E-state index in [0.29, 0.717) is 12.6 Å². The van der Waals surface area contributed by atoms with Gasteiger partial charge in [-0.25, -0.2) is 4.98 Å². The second-order valence-corrected chi connectivity index (χ2v) is 6.62. The molecule has 1 atom stereocenters. The number of pyridine rings is 1. The van der Waals surface area contributed by atoms with E-state index in [4.69, 9.17) is 4.98 Å². The van der Waals surface area contributed by atoms with Gasteiger partial charge in [-0.2, -0.15) is 0 Å². The molecule has 1 fully saturated rings. The van der Waals surface area contributed by atoms with Crippen LogP contribution in [0.1, 0.15) is 25.5 Å². The zero-order valence-corrected chi connectivity index (χ0v) is 14.2. The van der Waals surface area contributed by atoms with Crippen LogP contribution in [-0.2, 0) is 11.3 Å². The number of nitrogens with zero attached hydrogens (tertiary/aromatic N) is 3. The monoisotopic (exact) mass is 335 g/mol. The van der Waals surface area contributed by atoms with Gasteiger partial charge < -0.3 is 9.51 Å². The molecule has 0 radical (unpaired) electrons. The maximum atomic E-state index is 11.6. The minimum Gasteiger partial charge on any atom is -0.480 e. The van der Waals surface area contributed by atoms with Crippen LogP contribution in [-0.4, -0.2) is 37.4 Å². The number of aromatic nitrogens is 2. The van der Waals surface area contributed by atoms with E-state index in [1.54, 1.807) is 6.92 Å². The Bertz CT molecular complexity index is 900. The molecule has 1 aliphatic rings. The topological polar surface area (TPSA) is 57.8 Å². The van der Waals surface area contributed by atoms with Crippen molar-refractivity contribution in [3.8, 4) is 11.3 Å². The van der Waals surface area contributed by atoms with Crippen molar-refractivity contribution >= 4 is 11.6 Å². The molecule has 1 saturated carbocycles. The number of rotatable bonds is 6. The maximum absolute atomic E-state index is 11.6. The molecule has 0 amide bonds. The van der Waals surface area contributed by atoms with E-state index >= 15 is 0 Å². The van der Waals surface area contributed by atoms with Crippen molar-refractivity contribution in [3.63, 3.8) is 0 Å². The molecule has 0 spiro atoms. The predicted octanol–water partition coefficient (Wildman–Crippen LogP) is 3.44. The summed E-state index contributed by atoms with van der Waals surface area (Å²) in [6.45, 7) is 2.35. The fourth-order valence-electron chi connectivity index (χ4n) is 3.33. The number of hydrogen-bond acceptors (Lipinski definition) is 3. The lowest BCUT2D eigenvalue weighted by Crippen LogP contribution is -2.40. The average molecular weight is 335 g/mol. The Morgan fingerprint density at radius 3 is 2.64 bits per heavy atom. The quantitative estimate of drug-likeness (QED) is 0.750. The van der Waals surface area contributed by atoms with Gasteiger partial charge in [0.1, 0.15) is 11.7 Å². The molecule has 1 aromatic carbocycles. The summed E-state index contributed by atoms with van der Waals surface area (Å²) >= 11 is 0. The van der Waals surface area contributed by atoms with Crippen molar-refractivity contribution in [3.05, 3.63) is 60.4 Å². The molecule has 0 bridgehead atoms. The molecule has 128 valence electrons. The van der Waals surface area contributed by atoms with Crippen LogP contribution in [0, 0.1) is 0 Å². The van der Waals surface area contributed by atoms with Crippen molar-refractivity contribution in [1.82, 2.24) is 14.3 Å². The Hall–Kier alpha value is -2.66. The van der Waals surface area contributed by atoms with Crippen LogP contribution in [0.4, 0.5) is 0 Å². The van der Waals surface area contributed by atoms with Gasteiger partial charge in [0.25, 0.3) is 0 Å². The van der Waals surface area contributed by atoms with Crippen LogP contribution in [0.25, 0.3) is 16.9 Å². The number of benzene rings is 1. The second kappa shape index (κ2) is 6.33. The molecule has 5 heteroatoms. The molecule has 0 saturated heterocycles. The number of carbonyl (C=O) groups is 1. The summed E-state index contributed by atoms with van der Waals surface area (Å²) in [5.74, 6) is -0.776. The van der Waals surface area contributed by atoms with Crippen LogP contribution in [0.15, 0.2) is 54.7 Å². The van der Waals surface area contributed by atoms with Crippen LogP contribution < -0.4 is 0 Å². The first-order valence-electron chi connectivity index (χ1n) is 8.65. The number of hydrogen-bond donors (Lipinski definition) is 1. The normalized spacial score (nSPS) is 15.6. The van der Waals surface area contributed by atoms with Crippen LogP contribution in [0.3, 0.4) is 0 Å². The van der Waals surface area contributed by atoms with Gasteiger partial charge in [0, 0.05) is 24.3 Å². The Kier molecular flexibility index (Phi) is 4.01. The van der Waals surface area contributed by atoms with E-state index in [-0.39, 0.29) is 0 Å². The number of fused-ring (bicyclic) bond motifs is 1. The SMILES string of the molecule is CC(C(=O)O)N(Cc1c(-c2ccccc2)nc2ccccn12)C1CC1. The van der Waals surface area contributed by atoms with Gasteiger partial charge >= 0.3 is 5.97 Å². The van der Waals surface area contributed by atoms with E-state index < -0.39 is 12.0 Å². The molecule has 1 unspecified atom stereocenters. The highest BCUT2D eigenvalue weighted by Crippen LogP contribution is 2.33. The summed E-state index contributed by atoms with van der Waals surface area (Å²) in [5, 5.41) is 9.49. The summed E-state index contributed by atoms with van der Waals surface area (Å²) in [6, 6.07) is 15.9. The van der Waals surface area contributed by atoms with Crippen molar-refractivity contribution < 1.29 is 9.90 Å². The largest absolute Gasteiger partial charge is 0.480 e. The highest BCUT2D eigenvalue weighted by molar-refractivity contribution is 5.73. The van der Waals surface area contributed by atoms with Gasteiger partial charge in [0.2, 0.25) is 0 Å². The van der Waals surface area contributed by atoms with Crippen molar-refractivity contribution in [2.75, 3.05) is 0 Å². The minimum atomic E-state index is -0.776.